The van der Waals surface area contributed by atoms with Crippen LogP contribution < -0.4 is 0 Å². The summed E-state index contributed by atoms with van der Waals surface area (Å²) >= 11 is 0. The van der Waals surface area contributed by atoms with E-state index in [4.69, 9.17) is 0 Å². The lowest BCUT2D eigenvalue weighted by Crippen LogP contribution is -2.07. The van der Waals surface area contributed by atoms with Gasteiger partial charge in [0, 0.05) is 30.8 Å². The van der Waals surface area contributed by atoms with Crippen molar-refractivity contribution in [3.63, 3.8) is 0 Å². The normalized spacial score (nSPS) is 15.8. The lowest BCUT2D eigenvalue weighted by atomic mass is 10.1. The zero-order valence-corrected chi connectivity index (χ0v) is 8.57. The van der Waals surface area contributed by atoms with Crippen molar-refractivity contribution in [2.24, 2.45) is 5.92 Å². The van der Waals surface area contributed by atoms with E-state index in [2.05, 4.69) is 12.0 Å². The minimum absolute atomic E-state index is 0.396. The SMILES string of the molecule is CCn1nccc1CCC(=O)C1CC1. The Labute approximate surface area is 84.1 Å². The molecule has 1 saturated carbocycles. The van der Waals surface area contributed by atoms with Crippen LogP contribution in [0.5, 0.6) is 0 Å². The summed E-state index contributed by atoms with van der Waals surface area (Å²) in [5.41, 5.74) is 1.18. The second-order valence-corrected chi connectivity index (χ2v) is 3.88. The van der Waals surface area contributed by atoms with Crippen LogP contribution in [0.25, 0.3) is 0 Å². The molecule has 0 bridgehead atoms. The van der Waals surface area contributed by atoms with E-state index < -0.39 is 0 Å². The van der Waals surface area contributed by atoms with Gasteiger partial charge in [-0.3, -0.25) is 9.48 Å². The Morgan fingerprint density at radius 1 is 1.64 bits per heavy atom. The van der Waals surface area contributed by atoms with Gasteiger partial charge in [-0.25, -0.2) is 0 Å². The smallest absolute Gasteiger partial charge is 0.136 e. The van der Waals surface area contributed by atoms with Crippen LogP contribution in [-0.4, -0.2) is 15.6 Å². The van der Waals surface area contributed by atoms with Gasteiger partial charge in [0.2, 0.25) is 0 Å². The minimum Gasteiger partial charge on any atom is -0.299 e. The van der Waals surface area contributed by atoms with E-state index in [0.29, 0.717) is 18.1 Å². The van der Waals surface area contributed by atoms with E-state index in [0.717, 1.165) is 25.8 Å². The highest BCUT2D eigenvalue weighted by Gasteiger charge is 2.28. The predicted octanol–water partition coefficient (Wildman–Crippen LogP) is 1.81. The quantitative estimate of drug-likeness (QED) is 0.713. The van der Waals surface area contributed by atoms with Gasteiger partial charge in [0.1, 0.15) is 5.78 Å². The summed E-state index contributed by atoms with van der Waals surface area (Å²) in [4.78, 5) is 11.5. The third-order valence-electron chi connectivity index (χ3n) is 2.76. The third kappa shape index (κ3) is 2.03. The number of hydrogen-bond acceptors (Lipinski definition) is 2. The van der Waals surface area contributed by atoms with Crippen molar-refractivity contribution in [2.45, 2.75) is 39.2 Å². The molecule has 1 heterocycles. The molecule has 0 aliphatic heterocycles. The van der Waals surface area contributed by atoms with E-state index >= 15 is 0 Å². The molecular weight excluding hydrogens is 176 g/mol. The van der Waals surface area contributed by atoms with E-state index in [1.54, 1.807) is 6.20 Å². The summed E-state index contributed by atoms with van der Waals surface area (Å²) in [5.74, 6) is 0.835. The summed E-state index contributed by atoms with van der Waals surface area (Å²) < 4.78 is 1.96. The molecule has 1 fully saturated rings. The second kappa shape index (κ2) is 3.95. The van der Waals surface area contributed by atoms with Crippen LogP contribution in [0, 0.1) is 5.92 Å². The predicted molar refractivity (Wildman–Crippen MR) is 54.0 cm³/mol. The first-order chi connectivity index (χ1) is 6.81. The fraction of sp³-hybridized carbons (Fsp3) is 0.636. The Hall–Kier alpha value is -1.12. The number of rotatable bonds is 5. The Kier molecular flexibility index (Phi) is 2.66. The van der Waals surface area contributed by atoms with E-state index in [1.165, 1.54) is 5.69 Å². The third-order valence-corrected chi connectivity index (χ3v) is 2.76. The van der Waals surface area contributed by atoms with Crippen LogP contribution in [-0.2, 0) is 17.8 Å². The molecule has 0 aromatic carbocycles. The maximum atomic E-state index is 11.5. The highest BCUT2D eigenvalue weighted by atomic mass is 16.1. The largest absolute Gasteiger partial charge is 0.299 e. The maximum Gasteiger partial charge on any atom is 0.136 e. The van der Waals surface area contributed by atoms with Gasteiger partial charge in [-0.2, -0.15) is 5.10 Å². The molecule has 3 nitrogen and oxygen atoms in total. The lowest BCUT2D eigenvalue weighted by molar-refractivity contribution is -0.120. The van der Waals surface area contributed by atoms with Gasteiger partial charge in [-0.05, 0) is 32.3 Å². The molecule has 1 aliphatic carbocycles. The molecule has 0 unspecified atom stereocenters. The van der Waals surface area contributed by atoms with Gasteiger partial charge in [0.25, 0.3) is 0 Å². The summed E-state index contributed by atoms with van der Waals surface area (Å²) in [5, 5.41) is 4.18. The van der Waals surface area contributed by atoms with Crippen molar-refractivity contribution in [1.29, 1.82) is 0 Å². The Bertz CT molecular complexity index is 326. The summed E-state index contributed by atoms with van der Waals surface area (Å²) in [6, 6.07) is 2.00. The van der Waals surface area contributed by atoms with Crippen LogP contribution in [0.15, 0.2) is 12.3 Å². The summed E-state index contributed by atoms with van der Waals surface area (Å²) in [7, 11) is 0. The van der Waals surface area contributed by atoms with Gasteiger partial charge in [-0.1, -0.05) is 0 Å². The van der Waals surface area contributed by atoms with Crippen molar-refractivity contribution >= 4 is 5.78 Å². The fourth-order valence-corrected chi connectivity index (χ4v) is 1.72. The van der Waals surface area contributed by atoms with Crippen LogP contribution in [0.1, 0.15) is 31.9 Å². The Balaban J connectivity index is 1.87. The standard InChI is InChI=1S/C11H16N2O/c1-2-13-10(7-8-12-13)5-6-11(14)9-3-4-9/h7-9H,2-6H2,1H3. The number of Topliss-reactive ketones (excluding diaryl/α,β-unsaturated/α-hetero) is 1. The topological polar surface area (TPSA) is 34.9 Å². The Morgan fingerprint density at radius 3 is 3.07 bits per heavy atom. The van der Waals surface area contributed by atoms with Gasteiger partial charge in [0.15, 0.2) is 0 Å². The lowest BCUT2D eigenvalue weighted by Gasteiger charge is -2.03. The molecule has 1 aromatic heterocycles. The average Bonchev–Trinajstić information content (AvgIpc) is 2.94. The van der Waals surface area contributed by atoms with Crippen molar-refractivity contribution in [3.05, 3.63) is 18.0 Å². The van der Waals surface area contributed by atoms with Gasteiger partial charge in [-0.15, -0.1) is 0 Å². The summed E-state index contributed by atoms with van der Waals surface area (Å²) in [6.45, 7) is 2.96. The molecule has 0 spiro atoms. The molecule has 76 valence electrons. The highest BCUT2D eigenvalue weighted by Crippen LogP contribution is 2.31. The average molecular weight is 192 g/mol. The van der Waals surface area contributed by atoms with Crippen molar-refractivity contribution in [2.75, 3.05) is 0 Å². The van der Waals surface area contributed by atoms with Gasteiger partial charge < -0.3 is 0 Å². The van der Waals surface area contributed by atoms with Gasteiger partial charge >= 0.3 is 0 Å². The molecule has 0 radical (unpaired) electrons. The van der Waals surface area contributed by atoms with Crippen molar-refractivity contribution in [1.82, 2.24) is 9.78 Å². The molecule has 0 N–H and O–H groups in total. The van der Waals surface area contributed by atoms with Gasteiger partial charge in [0.05, 0.1) is 0 Å². The molecule has 14 heavy (non-hydrogen) atoms. The minimum atomic E-state index is 0.396. The highest BCUT2D eigenvalue weighted by molar-refractivity contribution is 5.83. The molecule has 1 aromatic rings. The first-order valence-corrected chi connectivity index (χ1v) is 5.34. The number of carbonyl (C=O) groups excluding carboxylic acids is 1. The molecule has 0 amide bonds. The Morgan fingerprint density at radius 2 is 2.43 bits per heavy atom. The summed E-state index contributed by atoms with van der Waals surface area (Å²) in [6.07, 6.45) is 5.58. The number of aryl methyl sites for hydroxylation is 2. The molecule has 0 saturated heterocycles. The maximum absolute atomic E-state index is 11.5. The van der Waals surface area contributed by atoms with E-state index in [-0.39, 0.29) is 0 Å². The molecule has 1 aliphatic rings. The molecule has 3 heteroatoms. The molecule has 0 atom stereocenters. The number of hydrogen-bond donors (Lipinski definition) is 0. The van der Waals surface area contributed by atoms with Crippen LogP contribution in [0.3, 0.4) is 0 Å². The zero-order chi connectivity index (χ0) is 9.97. The number of aromatic nitrogens is 2. The van der Waals surface area contributed by atoms with Crippen molar-refractivity contribution < 1.29 is 4.79 Å². The number of ketones is 1. The fourth-order valence-electron chi connectivity index (χ4n) is 1.72. The monoisotopic (exact) mass is 192 g/mol. The van der Waals surface area contributed by atoms with E-state index in [1.807, 2.05) is 10.7 Å². The zero-order valence-electron chi connectivity index (χ0n) is 8.57. The second-order valence-electron chi connectivity index (χ2n) is 3.88. The number of carbonyl (C=O) groups is 1. The number of nitrogens with zero attached hydrogens (tertiary/aromatic N) is 2. The van der Waals surface area contributed by atoms with E-state index in [9.17, 15) is 4.79 Å². The molecular formula is C11H16N2O. The van der Waals surface area contributed by atoms with Crippen LogP contribution in [0.4, 0.5) is 0 Å². The first kappa shape index (κ1) is 9.44. The van der Waals surface area contributed by atoms with Crippen molar-refractivity contribution in [3.8, 4) is 0 Å². The molecule has 2 rings (SSSR count). The first-order valence-electron chi connectivity index (χ1n) is 5.34. The van der Waals surface area contributed by atoms with Crippen LogP contribution in [0.2, 0.25) is 0 Å². The van der Waals surface area contributed by atoms with Crippen LogP contribution >= 0.6 is 0 Å².